The molecular formula is C7H6O5Ti. The number of aromatic hydroxyl groups is 1. The predicted molar refractivity (Wildman–Crippen MR) is 36.4 cm³/mol. The third-order valence-corrected chi connectivity index (χ3v) is 1.13. The number of benzene rings is 1. The van der Waals surface area contributed by atoms with E-state index in [4.69, 9.17) is 10.2 Å². The minimum Gasteiger partial charge on any atom is -2.00 e. The van der Waals surface area contributed by atoms with Crippen molar-refractivity contribution in [2.75, 3.05) is 0 Å². The van der Waals surface area contributed by atoms with Crippen LogP contribution >= 0.6 is 0 Å². The van der Waals surface area contributed by atoms with Crippen molar-refractivity contribution in [3.63, 3.8) is 0 Å². The van der Waals surface area contributed by atoms with E-state index in [1.165, 1.54) is 12.1 Å². The molecule has 1 aromatic rings. The van der Waals surface area contributed by atoms with Crippen LogP contribution in [0, 0.1) is 0 Å². The summed E-state index contributed by atoms with van der Waals surface area (Å²) in [5, 5.41) is 17.3. The minimum atomic E-state index is -1.11. The summed E-state index contributed by atoms with van der Waals surface area (Å²) >= 11 is 0. The first-order valence-electron chi connectivity index (χ1n) is 2.73. The fraction of sp³-hybridized carbons (Fsp3) is 0. The SMILES string of the molecule is O=C(O)c1ccccc1O.[O-2].[O-2].[Ti+4]. The Morgan fingerprint density at radius 2 is 1.62 bits per heavy atom. The monoisotopic (exact) mass is 218 g/mol. The molecular weight excluding hydrogens is 212 g/mol. The Kier molecular flexibility index (Phi) is 10.8. The Morgan fingerprint density at radius 3 is 1.92 bits per heavy atom. The van der Waals surface area contributed by atoms with Gasteiger partial charge >= 0.3 is 27.7 Å². The molecule has 0 aliphatic heterocycles. The summed E-state index contributed by atoms with van der Waals surface area (Å²) in [6.07, 6.45) is 0. The van der Waals surface area contributed by atoms with Gasteiger partial charge in [-0.05, 0) is 12.1 Å². The molecule has 0 atom stereocenters. The third kappa shape index (κ3) is 4.64. The van der Waals surface area contributed by atoms with E-state index in [1.807, 2.05) is 0 Å². The Hall–Kier alpha value is -0.876. The smallest absolute Gasteiger partial charge is 2.00 e. The first-order valence-corrected chi connectivity index (χ1v) is 2.73. The van der Waals surface area contributed by atoms with Crippen LogP contribution in [0.25, 0.3) is 0 Å². The van der Waals surface area contributed by atoms with E-state index in [9.17, 15) is 4.79 Å². The molecule has 0 aromatic heterocycles. The van der Waals surface area contributed by atoms with Gasteiger partial charge in [-0.3, -0.25) is 0 Å². The third-order valence-electron chi connectivity index (χ3n) is 1.13. The van der Waals surface area contributed by atoms with Crippen LogP contribution in [0.15, 0.2) is 24.3 Å². The number of aromatic carboxylic acids is 1. The summed E-state index contributed by atoms with van der Waals surface area (Å²) in [6.45, 7) is 0. The van der Waals surface area contributed by atoms with Crippen molar-refractivity contribution < 1.29 is 47.7 Å². The number of para-hydroxylation sites is 1. The summed E-state index contributed by atoms with van der Waals surface area (Å²) in [5.74, 6) is -1.31. The summed E-state index contributed by atoms with van der Waals surface area (Å²) in [4.78, 5) is 10.3. The van der Waals surface area contributed by atoms with Crippen molar-refractivity contribution in [1.82, 2.24) is 0 Å². The molecule has 6 heteroatoms. The molecule has 0 unspecified atom stereocenters. The summed E-state index contributed by atoms with van der Waals surface area (Å²) in [6, 6.07) is 5.81. The Labute approximate surface area is 89.5 Å². The van der Waals surface area contributed by atoms with Crippen molar-refractivity contribution >= 4 is 5.97 Å². The Balaban J connectivity index is -0.000000333. The zero-order valence-electron chi connectivity index (χ0n) is 6.43. The summed E-state index contributed by atoms with van der Waals surface area (Å²) in [5.41, 5.74) is -0.0671. The average molecular weight is 218 g/mol. The van der Waals surface area contributed by atoms with Crippen LogP contribution in [0.1, 0.15) is 10.4 Å². The summed E-state index contributed by atoms with van der Waals surface area (Å²) in [7, 11) is 0. The van der Waals surface area contributed by atoms with E-state index in [0.717, 1.165) is 0 Å². The molecule has 0 saturated heterocycles. The summed E-state index contributed by atoms with van der Waals surface area (Å²) < 4.78 is 0. The van der Waals surface area contributed by atoms with Gasteiger partial charge in [0.15, 0.2) is 0 Å². The van der Waals surface area contributed by atoms with Crippen LogP contribution in [0.3, 0.4) is 0 Å². The van der Waals surface area contributed by atoms with E-state index in [1.54, 1.807) is 12.1 Å². The van der Waals surface area contributed by atoms with Gasteiger partial charge in [-0.1, -0.05) is 12.1 Å². The van der Waals surface area contributed by atoms with Crippen molar-refractivity contribution in [3.05, 3.63) is 29.8 Å². The molecule has 0 aliphatic rings. The molecule has 5 nitrogen and oxygen atoms in total. The number of rotatable bonds is 1. The Bertz CT molecular complexity index is 263. The second kappa shape index (κ2) is 7.76. The van der Waals surface area contributed by atoms with Gasteiger partial charge in [0.25, 0.3) is 0 Å². The molecule has 1 rings (SSSR count). The molecule has 0 saturated carbocycles. The maximum absolute atomic E-state index is 10.3. The van der Waals surface area contributed by atoms with E-state index < -0.39 is 5.97 Å². The van der Waals surface area contributed by atoms with E-state index >= 15 is 0 Å². The zero-order valence-corrected chi connectivity index (χ0v) is 7.99. The van der Waals surface area contributed by atoms with Crippen molar-refractivity contribution in [2.24, 2.45) is 0 Å². The second-order valence-electron chi connectivity index (χ2n) is 1.82. The maximum atomic E-state index is 10.3. The molecule has 13 heavy (non-hydrogen) atoms. The van der Waals surface area contributed by atoms with Crippen LogP contribution in [0.2, 0.25) is 0 Å². The number of carboxylic acids is 1. The normalized spacial score (nSPS) is 7.08. The van der Waals surface area contributed by atoms with Gasteiger partial charge in [0, 0.05) is 0 Å². The van der Waals surface area contributed by atoms with Gasteiger partial charge in [-0.2, -0.15) is 0 Å². The molecule has 2 N–H and O–H groups in total. The molecule has 0 spiro atoms. The molecule has 0 fully saturated rings. The first-order chi connectivity index (χ1) is 4.72. The minimum absolute atomic E-state index is 0. The van der Waals surface area contributed by atoms with Crippen molar-refractivity contribution in [3.8, 4) is 5.75 Å². The van der Waals surface area contributed by atoms with Crippen LogP contribution in [0.5, 0.6) is 5.75 Å². The van der Waals surface area contributed by atoms with Crippen LogP contribution in [-0.4, -0.2) is 16.2 Å². The van der Waals surface area contributed by atoms with Gasteiger partial charge in [0.1, 0.15) is 11.3 Å². The topological polar surface area (TPSA) is 115 Å². The van der Waals surface area contributed by atoms with Crippen molar-refractivity contribution in [1.29, 1.82) is 0 Å². The van der Waals surface area contributed by atoms with Crippen LogP contribution in [0.4, 0.5) is 0 Å². The molecule has 0 heterocycles. The fourth-order valence-electron chi connectivity index (χ4n) is 0.654. The average Bonchev–Trinajstić information content (AvgIpc) is 1.88. The number of carbonyl (C=O) groups is 1. The number of carboxylic acid groups (broad SMARTS) is 1. The number of hydrogen-bond donors (Lipinski definition) is 2. The predicted octanol–water partition coefficient (Wildman–Crippen LogP) is 0.850. The number of phenols is 1. The largest absolute Gasteiger partial charge is 4.00 e. The van der Waals surface area contributed by atoms with Crippen molar-refractivity contribution in [2.45, 2.75) is 0 Å². The number of hydrogen-bond acceptors (Lipinski definition) is 2. The van der Waals surface area contributed by atoms with Gasteiger partial charge in [0.05, 0.1) is 0 Å². The van der Waals surface area contributed by atoms with Crippen LogP contribution in [-0.2, 0) is 32.7 Å². The maximum Gasteiger partial charge on any atom is 4.00 e. The van der Waals surface area contributed by atoms with Gasteiger partial charge in [-0.15, -0.1) is 0 Å². The van der Waals surface area contributed by atoms with Gasteiger partial charge in [0.2, 0.25) is 0 Å². The van der Waals surface area contributed by atoms with E-state index in [2.05, 4.69) is 0 Å². The second-order valence-corrected chi connectivity index (χ2v) is 1.82. The Morgan fingerprint density at radius 1 is 1.15 bits per heavy atom. The van der Waals surface area contributed by atoms with Crippen LogP contribution < -0.4 is 0 Å². The van der Waals surface area contributed by atoms with E-state index in [0.29, 0.717) is 0 Å². The molecule has 0 radical (unpaired) electrons. The molecule has 0 bridgehead atoms. The van der Waals surface area contributed by atoms with Gasteiger partial charge in [-0.25, -0.2) is 4.79 Å². The van der Waals surface area contributed by atoms with Gasteiger partial charge < -0.3 is 21.2 Å². The first kappa shape index (κ1) is 18.0. The quantitative estimate of drug-likeness (QED) is 0.680. The standard InChI is InChI=1S/C7H6O3.2O.Ti/c8-6-4-2-1-3-5(6)7(9)10;;;/h1-4,8H,(H,9,10);;;/q;2*-2;+4. The molecule has 1 aromatic carbocycles. The molecule has 68 valence electrons. The zero-order chi connectivity index (χ0) is 7.56. The molecule has 0 aliphatic carbocycles. The van der Waals surface area contributed by atoms with E-state index in [-0.39, 0.29) is 44.0 Å². The fourth-order valence-corrected chi connectivity index (χ4v) is 0.654. The molecule has 0 amide bonds.